The fourth-order valence-corrected chi connectivity index (χ4v) is 3.43. The highest BCUT2D eigenvalue weighted by molar-refractivity contribution is 5.88. The van der Waals surface area contributed by atoms with Crippen LogP contribution in [-0.4, -0.2) is 19.0 Å². The summed E-state index contributed by atoms with van der Waals surface area (Å²) in [6.45, 7) is 3.56. The minimum Gasteiger partial charge on any atom is -0.349 e. The van der Waals surface area contributed by atoms with Crippen LogP contribution in [0.1, 0.15) is 36.9 Å². The van der Waals surface area contributed by atoms with E-state index in [1.54, 1.807) is 12.1 Å². The topological polar surface area (TPSA) is 41.1 Å². The van der Waals surface area contributed by atoms with Crippen molar-refractivity contribution in [1.29, 1.82) is 0 Å². The third kappa shape index (κ3) is 3.34. The Hall–Kier alpha value is -2.20. The van der Waals surface area contributed by atoms with Gasteiger partial charge < -0.3 is 10.6 Å². The van der Waals surface area contributed by atoms with Gasteiger partial charge in [-0.3, -0.25) is 4.79 Å². The zero-order valence-electron chi connectivity index (χ0n) is 13.9. The molecule has 1 amide bonds. The Kier molecular flexibility index (Phi) is 4.95. The van der Waals surface area contributed by atoms with E-state index in [4.69, 9.17) is 0 Å². The minimum atomic E-state index is -0.595. The SMILES string of the molecule is CC(NC(=O)C1(c2ccc(F)cc2)CCNCC1)c1ccccc1. The van der Waals surface area contributed by atoms with Crippen molar-refractivity contribution in [3.05, 3.63) is 71.5 Å². The predicted octanol–water partition coefficient (Wildman–Crippen LogP) is 3.32. The van der Waals surface area contributed by atoms with E-state index >= 15 is 0 Å². The lowest BCUT2D eigenvalue weighted by Gasteiger charge is -2.37. The number of nitrogens with one attached hydrogen (secondary N) is 2. The van der Waals surface area contributed by atoms with Crippen molar-refractivity contribution in [3.63, 3.8) is 0 Å². The summed E-state index contributed by atoms with van der Waals surface area (Å²) in [5.74, 6) is -0.257. The summed E-state index contributed by atoms with van der Waals surface area (Å²) in [5.41, 5.74) is 1.37. The van der Waals surface area contributed by atoms with E-state index in [1.807, 2.05) is 37.3 Å². The number of rotatable bonds is 4. The van der Waals surface area contributed by atoms with Gasteiger partial charge in [0.05, 0.1) is 11.5 Å². The van der Waals surface area contributed by atoms with Gasteiger partial charge in [0.25, 0.3) is 0 Å². The molecule has 0 radical (unpaired) electrons. The van der Waals surface area contributed by atoms with Gasteiger partial charge in [0, 0.05) is 0 Å². The molecule has 3 nitrogen and oxygen atoms in total. The van der Waals surface area contributed by atoms with Crippen LogP contribution in [0.15, 0.2) is 54.6 Å². The summed E-state index contributed by atoms with van der Waals surface area (Å²) in [4.78, 5) is 13.2. The molecule has 0 aliphatic carbocycles. The lowest BCUT2D eigenvalue weighted by atomic mass is 9.72. The van der Waals surface area contributed by atoms with Gasteiger partial charge in [-0.25, -0.2) is 4.39 Å². The number of hydrogen-bond donors (Lipinski definition) is 2. The molecule has 1 saturated heterocycles. The second kappa shape index (κ2) is 7.14. The monoisotopic (exact) mass is 326 g/mol. The Bertz CT molecular complexity index is 679. The second-order valence-corrected chi connectivity index (χ2v) is 6.44. The molecule has 0 spiro atoms. The van der Waals surface area contributed by atoms with E-state index < -0.39 is 5.41 Å². The first kappa shape index (κ1) is 16.7. The molecule has 1 heterocycles. The fraction of sp³-hybridized carbons (Fsp3) is 0.350. The van der Waals surface area contributed by atoms with Crippen molar-refractivity contribution in [2.75, 3.05) is 13.1 Å². The van der Waals surface area contributed by atoms with Gasteiger partial charge in [-0.15, -0.1) is 0 Å². The van der Waals surface area contributed by atoms with E-state index in [0.717, 1.165) is 24.2 Å². The van der Waals surface area contributed by atoms with E-state index in [1.165, 1.54) is 12.1 Å². The van der Waals surface area contributed by atoms with E-state index in [0.29, 0.717) is 12.8 Å². The molecule has 3 rings (SSSR count). The molecule has 0 saturated carbocycles. The van der Waals surface area contributed by atoms with Crippen LogP contribution in [0.4, 0.5) is 4.39 Å². The lowest BCUT2D eigenvalue weighted by Crippen LogP contribution is -2.51. The Morgan fingerprint density at radius 2 is 1.71 bits per heavy atom. The summed E-state index contributed by atoms with van der Waals surface area (Å²) >= 11 is 0. The smallest absolute Gasteiger partial charge is 0.231 e. The first-order valence-electron chi connectivity index (χ1n) is 8.44. The first-order chi connectivity index (χ1) is 11.6. The van der Waals surface area contributed by atoms with Gasteiger partial charge in [0.15, 0.2) is 0 Å². The number of amides is 1. The van der Waals surface area contributed by atoms with Gasteiger partial charge in [-0.2, -0.15) is 0 Å². The maximum absolute atomic E-state index is 13.3. The average molecular weight is 326 g/mol. The van der Waals surface area contributed by atoms with E-state index in [2.05, 4.69) is 10.6 Å². The summed E-state index contributed by atoms with van der Waals surface area (Å²) in [6.07, 6.45) is 1.43. The number of carbonyl (C=O) groups is 1. The van der Waals surface area contributed by atoms with Crippen molar-refractivity contribution in [2.45, 2.75) is 31.2 Å². The van der Waals surface area contributed by atoms with E-state index in [9.17, 15) is 9.18 Å². The molecule has 1 unspecified atom stereocenters. The van der Waals surface area contributed by atoms with Crippen LogP contribution in [0.2, 0.25) is 0 Å². The molecule has 0 bridgehead atoms. The normalized spacial score (nSPS) is 17.9. The Balaban J connectivity index is 1.85. The predicted molar refractivity (Wildman–Crippen MR) is 93.2 cm³/mol. The van der Waals surface area contributed by atoms with Crippen LogP contribution in [0.5, 0.6) is 0 Å². The highest BCUT2D eigenvalue weighted by atomic mass is 19.1. The Morgan fingerprint density at radius 1 is 1.08 bits per heavy atom. The van der Waals surface area contributed by atoms with Gasteiger partial charge in [-0.05, 0) is 56.1 Å². The molecule has 1 aliphatic heterocycles. The Labute approximate surface area is 142 Å². The fourth-order valence-electron chi connectivity index (χ4n) is 3.43. The molecule has 1 atom stereocenters. The summed E-state index contributed by atoms with van der Waals surface area (Å²) in [5, 5.41) is 6.47. The molecular weight excluding hydrogens is 303 g/mol. The van der Waals surface area contributed by atoms with Crippen LogP contribution in [0.25, 0.3) is 0 Å². The second-order valence-electron chi connectivity index (χ2n) is 6.44. The summed E-state index contributed by atoms with van der Waals surface area (Å²) in [6, 6.07) is 16.2. The number of benzene rings is 2. The molecular formula is C20H23FN2O. The van der Waals surface area contributed by atoms with Crippen molar-refractivity contribution in [2.24, 2.45) is 0 Å². The van der Waals surface area contributed by atoms with Crippen LogP contribution in [-0.2, 0) is 10.2 Å². The maximum atomic E-state index is 13.3. The van der Waals surface area contributed by atoms with Crippen LogP contribution in [0, 0.1) is 5.82 Å². The third-order valence-corrected chi connectivity index (χ3v) is 4.94. The van der Waals surface area contributed by atoms with Gasteiger partial charge in [0.2, 0.25) is 5.91 Å². The molecule has 1 aliphatic rings. The maximum Gasteiger partial charge on any atom is 0.231 e. The summed E-state index contributed by atoms with van der Waals surface area (Å²) in [7, 11) is 0. The average Bonchev–Trinajstić information content (AvgIpc) is 2.63. The van der Waals surface area contributed by atoms with Crippen molar-refractivity contribution in [3.8, 4) is 0 Å². The highest BCUT2D eigenvalue weighted by Crippen LogP contribution is 2.34. The molecule has 24 heavy (non-hydrogen) atoms. The highest BCUT2D eigenvalue weighted by Gasteiger charge is 2.41. The van der Waals surface area contributed by atoms with Crippen molar-refractivity contribution < 1.29 is 9.18 Å². The van der Waals surface area contributed by atoms with Crippen LogP contribution < -0.4 is 10.6 Å². The Morgan fingerprint density at radius 3 is 2.33 bits per heavy atom. The minimum absolute atomic E-state index is 0.0203. The zero-order chi connectivity index (χ0) is 17.0. The number of hydrogen-bond acceptors (Lipinski definition) is 2. The lowest BCUT2D eigenvalue weighted by molar-refractivity contribution is -0.128. The first-order valence-corrected chi connectivity index (χ1v) is 8.44. The molecule has 4 heteroatoms. The molecule has 1 fully saturated rings. The number of carbonyl (C=O) groups excluding carboxylic acids is 1. The van der Waals surface area contributed by atoms with Gasteiger partial charge >= 0.3 is 0 Å². The van der Waals surface area contributed by atoms with E-state index in [-0.39, 0.29) is 17.8 Å². The molecule has 126 valence electrons. The molecule has 0 aromatic heterocycles. The number of piperidine rings is 1. The van der Waals surface area contributed by atoms with Gasteiger partial charge in [-0.1, -0.05) is 42.5 Å². The molecule has 2 aromatic rings. The van der Waals surface area contributed by atoms with Crippen LogP contribution >= 0.6 is 0 Å². The molecule has 2 N–H and O–H groups in total. The van der Waals surface area contributed by atoms with Crippen molar-refractivity contribution >= 4 is 5.91 Å². The zero-order valence-corrected chi connectivity index (χ0v) is 13.9. The quantitative estimate of drug-likeness (QED) is 0.905. The molecule has 2 aromatic carbocycles. The van der Waals surface area contributed by atoms with Crippen molar-refractivity contribution in [1.82, 2.24) is 10.6 Å². The van der Waals surface area contributed by atoms with Gasteiger partial charge in [0.1, 0.15) is 5.82 Å². The number of halogens is 1. The third-order valence-electron chi connectivity index (χ3n) is 4.94. The standard InChI is InChI=1S/C20H23FN2O/c1-15(16-5-3-2-4-6-16)23-19(24)20(11-13-22-14-12-20)17-7-9-18(21)10-8-17/h2-10,15,22H,11-14H2,1H3,(H,23,24). The largest absolute Gasteiger partial charge is 0.349 e. The summed E-state index contributed by atoms with van der Waals surface area (Å²) < 4.78 is 13.3. The van der Waals surface area contributed by atoms with Crippen LogP contribution in [0.3, 0.4) is 0 Å².